The lowest BCUT2D eigenvalue weighted by Gasteiger charge is -2.12. The van der Waals surface area contributed by atoms with Crippen molar-refractivity contribution in [2.75, 3.05) is 12.4 Å². The van der Waals surface area contributed by atoms with E-state index in [0.717, 1.165) is 5.56 Å². The minimum atomic E-state index is -0.584. The van der Waals surface area contributed by atoms with Crippen LogP contribution in [0.2, 0.25) is 0 Å². The molecule has 0 aromatic heterocycles. The van der Waals surface area contributed by atoms with Crippen LogP contribution in [0.3, 0.4) is 0 Å². The lowest BCUT2D eigenvalue weighted by atomic mass is 10.1. The first-order valence-electron chi connectivity index (χ1n) is 8.65. The SMILES string of the molecule is CN=C1S[C@@H](CC(=O)Nc2ccccc2)C(=O)N1/N=C(\C)c1ccc(O)cc1. The second-order valence-corrected chi connectivity index (χ2v) is 7.28. The Hall–Kier alpha value is -3.13. The van der Waals surface area contributed by atoms with Crippen molar-refractivity contribution in [2.45, 2.75) is 18.6 Å². The third-order valence-corrected chi connectivity index (χ3v) is 5.29. The molecule has 1 aliphatic heterocycles. The Morgan fingerprint density at radius 1 is 1.18 bits per heavy atom. The van der Waals surface area contributed by atoms with Gasteiger partial charge in [-0.3, -0.25) is 14.6 Å². The van der Waals surface area contributed by atoms with Gasteiger partial charge >= 0.3 is 0 Å². The number of nitrogens with zero attached hydrogens (tertiary/aromatic N) is 3. The first-order chi connectivity index (χ1) is 13.5. The van der Waals surface area contributed by atoms with Gasteiger partial charge in [0.2, 0.25) is 5.91 Å². The molecule has 2 aromatic rings. The number of benzene rings is 2. The number of carbonyl (C=O) groups is 2. The molecule has 0 spiro atoms. The number of aliphatic imine (C=N–C) groups is 1. The fourth-order valence-corrected chi connectivity index (χ4v) is 3.66. The van der Waals surface area contributed by atoms with Gasteiger partial charge in [0.25, 0.3) is 5.91 Å². The highest BCUT2D eigenvalue weighted by Gasteiger charge is 2.39. The Balaban J connectivity index is 1.71. The van der Waals surface area contributed by atoms with Gasteiger partial charge in [0, 0.05) is 19.2 Å². The van der Waals surface area contributed by atoms with Gasteiger partial charge in [-0.2, -0.15) is 10.1 Å². The number of hydrazone groups is 1. The van der Waals surface area contributed by atoms with Gasteiger partial charge in [-0.15, -0.1) is 0 Å². The number of rotatable bonds is 5. The summed E-state index contributed by atoms with van der Waals surface area (Å²) in [4.78, 5) is 29.2. The molecule has 3 rings (SSSR count). The van der Waals surface area contributed by atoms with E-state index in [1.807, 2.05) is 18.2 Å². The molecule has 28 heavy (non-hydrogen) atoms. The molecular weight excluding hydrogens is 376 g/mol. The maximum Gasteiger partial charge on any atom is 0.263 e. The molecule has 1 atom stereocenters. The number of phenolic OH excluding ortho intramolecular Hbond substituents is 1. The highest BCUT2D eigenvalue weighted by atomic mass is 32.2. The van der Waals surface area contributed by atoms with Crippen molar-refractivity contribution in [2.24, 2.45) is 10.1 Å². The summed E-state index contributed by atoms with van der Waals surface area (Å²) in [6.07, 6.45) is 0.0295. The maximum atomic E-state index is 12.8. The fourth-order valence-electron chi connectivity index (χ4n) is 2.64. The molecule has 2 aromatic carbocycles. The van der Waals surface area contributed by atoms with E-state index in [-0.39, 0.29) is 24.0 Å². The Bertz CT molecular complexity index is 926. The van der Waals surface area contributed by atoms with Gasteiger partial charge < -0.3 is 10.4 Å². The van der Waals surface area contributed by atoms with Crippen molar-refractivity contribution in [1.29, 1.82) is 0 Å². The van der Waals surface area contributed by atoms with E-state index in [2.05, 4.69) is 15.4 Å². The molecule has 1 aliphatic rings. The number of aromatic hydroxyl groups is 1. The molecule has 1 heterocycles. The first kappa shape index (κ1) is 19.6. The minimum Gasteiger partial charge on any atom is -0.508 e. The lowest BCUT2D eigenvalue weighted by molar-refractivity contribution is -0.128. The van der Waals surface area contributed by atoms with E-state index >= 15 is 0 Å². The smallest absolute Gasteiger partial charge is 0.263 e. The molecule has 0 unspecified atom stereocenters. The molecule has 7 nitrogen and oxygen atoms in total. The van der Waals surface area contributed by atoms with Gasteiger partial charge in [-0.25, -0.2) is 0 Å². The second-order valence-electron chi connectivity index (χ2n) is 6.11. The first-order valence-corrected chi connectivity index (χ1v) is 9.53. The van der Waals surface area contributed by atoms with E-state index in [0.29, 0.717) is 16.6 Å². The minimum absolute atomic E-state index is 0.0295. The van der Waals surface area contributed by atoms with E-state index in [1.54, 1.807) is 50.4 Å². The molecule has 0 saturated carbocycles. The average molecular weight is 396 g/mol. The number of hydrogen-bond acceptors (Lipinski definition) is 6. The molecule has 2 amide bonds. The summed E-state index contributed by atoms with van der Waals surface area (Å²) in [5, 5.41) is 17.7. The normalized spacial score (nSPS) is 18.6. The molecule has 144 valence electrons. The Labute approximate surface area is 167 Å². The number of amides is 2. The van der Waals surface area contributed by atoms with Crippen molar-refractivity contribution in [1.82, 2.24) is 5.01 Å². The van der Waals surface area contributed by atoms with Crippen LogP contribution in [-0.2, 0) is 9.59 Å². The number of amidine groups is 1. The van der Waals surface area contributed by atoms with Crippen LogP contribution in [0.5, 0.6) is 5.75 Å². The van der Waals surface area contributed by atoms with E-state index < -0.39 is 5.25 Å². The van der Waals surface area contributed by atoms with Gasteiger partial charge in [0.05, 0.1) is 5.71 Å². The highest BCUT2D eigenvalue weighted by Crippen LogP contribution is 2.30. The van der Waals surface area contributed by atoms with Gasteiger partial charge in [0.1, 0.15) is 11.0 Å². The van der Waals surface area contributed by atoms with E-state index in [1.165, 1.54) is 16.8 Å². The third-order valence-electron chi connectivity index (χ3n) is 4.07. The number of para-hydroxylation sites is 1. The molecule has 1 saturated heterocycles. The van der Waals surface area contributed by atoms with Crippen molar-refractivity contribution in [3.05, 3.63) is 60.2 Å². The zero-order chi connectivity index (χ0) is 20.1. The molecular formula is C20H20N4O3S. The van der Waals surface area contributed by atoms with Crippen LogP contribution in [-0.4, -0.2) is 45.1 Å². The van der Waals surface area contributed by atoms with Crippen LogP contribution in [0.15, 0.2) is 64.7 Å². The molecule has 1 fully saturated rings. The molecule has 2 N–H and O–H groups in total. The van der Waals surface area contributed by atoms with E-state index in [9.17, 15) is 14.7 Å². The Kier molecular flexibility index (Phi) is 6.10. The van der Waals surface area contributed by atoms with Crippen LogP contribution < -0.4 is 5.32 Å². The summed E-state index contributed by atoms with van der Waals surface area (Å²) in [5.41, 5.74) is 2.06. The summed E-state index contributed by atoms with van der Waals surface area (Å²) < 4.78 is 0. The van der Waals surface area contributed by atoms with Gasteiger partial charge in [-0.1, -0.05) is 30.0 Å². The van der Waals surface area contributed by atoms with Crippen molar-refractivity contribution < 1.29 is 14.7 Å². The van der Waals surface area contributed by atoms with Crippen molar-refractivity contribution >= 4 is 40.1 Å². The number of carbonyl (C=O) groups excluding carboxylic acids is 2. The van der Waals surface area contributed by atoms with Crippen molar-refractivity contribution in [3.63, 3.8) is 0 Å². The topological polar surface area (TPSA) is 94.4 Å². The standard InChI is InChI=1S/C20H20N4O3S/c1-13(14-8-10-16(25)11-9-14)23-24-19(27)17(28-20(24)21-2)12-18(26)22-15-6-4-3-5-7-15/h3-11,17,25H,12H2,1-2H3,(H,22,26)/b21-20?,23-13+/t17-/m0/s1. The molecule has 0 bridgehead atoms. The lowest BCUT2D eigenvalue weighted by Crippen LogP contribution is -2.30. The third kappa shape index (κ3) is 4.58. The van der Waals surface area contributed by atoms with Gasteiger partial charge in [-0.05, 0) is 48.9 Å². The van der Waals surface area contributed by atoms with E-state index in [4.69, 9.17) is 0 Å². The second kappa shape index (κ2) is 8.71. The van der Waals surface area contributed by atoms with Crippen LogP contribution in [0.4, 0.5) is 5.69 Å². The number of nitrogens with one attached hydrogen (secondary N) is 1. The molecule has 0 radical (unpaired) electrons. The Morgan fingerprint density at radius 3 is 2.50 bits per heavy atom. The number of hydrogen-bond donors (Lipinski definition) is 2. The fraction of sp³-hybridized carbons (Fsp3) is 0.200. The number of anilines is 1. The van der Waals surface area contributed by atoms with Crippen LogP contribution in [0.25, 0.3) is 0 Å². The van der Waals surface area contributed by atoms with Crippen molar-refractivity contribution in [3.8, 4) is 5.75 Å². The largest absolute Gasteiger partial charge is 0.508 e. The number of phenols is 1. The Morgan fingerprint density at radius 2 is 1.86 bits per heavy atom. The van der Waals surface area contributed by atoms with Gasteiger partial charge in [0.15, 0.2) is 5.17 Å². The quantitative estimate of drug-likeness (QED) is 0.760. The molecule has 0 aliphatic carbocycles. The number of thioether (sulfide) groups is 1. The molecule has 8 heteroatoms. The summed E-state index contributed by atoms with van der Waals surface area (Å²) >= 11 is 1.22. The summed E-state index contributed by atoms with van der Waals surface area (Å²) in [6, 6.07) is 15.6. The highest BCUT2D eigenvalue weighted by molar-refractivity contribution is 8.15. The van der Waals surface area contributed by atoms with Crippen LogP contribution in [0, 0.1) is 0 Å². The maximum absolute atomic E-state index is 12.8. The predicted octanol–water partition coefficient (Wildman–Crippen LogP) is 3.07. The van der Waals surface area contributed by atoms with Crippen LogP contribution in [0.1, 0.15) is 18.9 Å². The summed E-state index contributed by atoms with van der Waals surface area (Å²) in [7, 11) is 1.58. The summed E-state index contributed by atoms with van der Waals surface area (Å²) in [6.45, 7) is 1.77. The van der Waals surface area contributed by atoms with Crippen LogP contribution >= 0.6 is 11.8 Å². The predicted molar refractivity (Wildman–Crippen MR) is 112 cm³/mol. The monoisotopic (exact) mass is 396 g/mol. The summed E-state index contributed by atoms with van der Waals surface area (Å²) in [5.74, 6) is -0.370. The zero-order valence-electron chi connectivity index (χ0n) is 15.5. The average Bonchev–Trinajstić information content (AvgIpc) is 2.98. The zero-order valence-corrected chi connectivity index (χ0v) is 16.3.